The first-order chi connectivity index (χ1) is 13.3. The zero-order valence-corrected chi connectivity index (χ0v) is 16.5. The highest BCUT2D eigenvalue weighted by Crippen LogP contribution is 2.36. The molecule has 3 rings (SSSR count). The van der Waals surface area contributed by atoms with Gasteiger partial charge < -0.3 is 24.7 Å². The highest BCUT2D eigenvalue weighted by Gasteiger charge is 2.20. The van der Waals surface area contributed by atoms with Crippen LogP contribution in [0.5, 0.6) is 11.5 Å². The number of benzene rings is 2. The second-order valence-electron chi connectivity index (χ2n) is 7.44. The largest absolute Gasteiger partial charge is 0.545 e. The van der Waals surface area contributed by atoms with Crippen molar-refractivity contribution in [2.75, 3.05) is 18.5 Å². The number of carbonyl (C=O) groups is 2. The lowest BCUT2D eigenvalue weighted by Crippen LogP contribution is -2.26. The van der Waals surface area contributed by atoms with Gasteiger partial charge in [0.2, 0.25) is 0 Å². The van der Waals surface area contributed by atoms with Crippen LogP contribution in [0, 0.1) is 0 Å². The minimum Gasteiger partial charge on any atom is -0.545 e. The molecule has 2 aromatic rings. The molecule has 0 unspecified atom stereocenters. The van der Waals surface area contributed by atoms with Gasteiger partial charge in [0.1, 0.15) is 13.2 Å². The standard InChI is InChI=1S/C22H25NO5/c1-12(2)14-5-6-15(16(9-14)13(3)4)21(24)23-18-11-20-19(27-7-8-28-20)10-17(18)22(25)26/h5-6,9-13H,7-8H2,1-4H3,(H,23,24)(H,25,26)/p-1. The Hall–Kier alpha value is -3.02. The minimum atomic E-state index is -1.40. The molecule has 0 bridgehead atoms. The van der Waals surface area contributed by atoms with Crippen molar-refractivity contribution in [1.29, 1.82) is 0 Å². The summed E-state index contributed by atoms with van der Waals surface area (Å²) in [7, 11) is 0. The molecule has 28 heavy (non-hydrogen) atoms. The van der Waals surface area contributed by atoms with Crippen LogP contribution in [0.1, 0.15) is 71.4 Å². The predicted molar refractivity (Wildman–Crippen MR) is 104 cm³/mol. The summed E-state index contributed by atoms with van der Waals surface area (Å²) in [6, 6.07) is 8.54. The van der Waals surface area contributed by atoms with Gasteiger partial charge in [-0.25, -0.2) is 0 Å². The molecule has 1 N–H and O–H groups in total. The summed E-state index contributed by atoms with van der Waals surface area (Å²) in [5.74, 6) is -0.569. The summed E-state index contributed by atoms with van der Waals surface area (Å²) in [5, 5.41) is 14.3. The van der Waals surface area contributed by atoms with E-state index >= 15 is 0 Å². The number of amides is 1. The summed E-state index contributed by atoms with van der Waals surface area (Å²) in [6.07, 6.45) is 0. The first-order valence-corrected chi connectivity index (χ1v) is 9.38. The molecule has 6 heteroatoms. The fourth-order valence-electron chi connectivity index (χ4n) is 3.18. The lowest BCUT2D eigenvalue weighted by atomic mass is 9.91. The minimum absolute atomic E-state index is 0.122. The van der Waals surface area contributed by atoms with E-state index in [1.807, 2.05) is 26.0 Å². The molecule has 0 aromatic heterocycles. The molecule has 1 heterocycles. The summed E-state index contributed by atoms with van der Waals surface area (Å²) in [6.45, 7) is 8.94. The summed E-state index contributed by atoms with van der Waals surface area (Å²) in [5.41, 5.74) is 2.55. The van der Waals surface area contributed by atoms with Crippen LogP contribution in [0.15, 0.2) is 30.3 Å². The number of carboxylic acids is 1. The van der Waals surface area contributed by atoms with E-state index in [1.54, 1.807) is 6.07 Å². The van der Waals surface area contributed by atoms with Gasteiger partial charge in [-0.2, -0.15) is 0 Å². The van der Waals surface area contributed by atoms with E-state index < -0.39 is 5.97 Å². The molecule has 1 aliphatic heterocycles. The Balaban J connectivity index is 1.98. The van der Waals surface area contributed by atoms with Gasteiger partial charge in [-0.3, -0.25) is 4.79 Å². The lowest BCUT2D eigenvalue weighted by Gasteiger charge is -2.22. The van der Waals surface area contributed by atoms with Gasteiger partial charge >= 0.3 is 0 Å². The van der Waals surface area contributed by atoms with Crippen molar-refractivity contribution in [1.82, 2.24) is 0 Å². The van der Waals surface area contributed by atoms with Crippen molar-refractivity contribution in [3.05, 3.63) is 52.6 Å². The molecule has 1 aliphatic rings. The Labute approximate surface area is 164 Å². The highest BCUT2D eigenvalue weighted by atomic mass is 16.6. The summed E-state index contributed by atoms with van der Waals surface area (Å²) < 4.78 is 10.9. The van der Waals surface area contributed by atoms with Crippen molar-refractivity contribution < 1.29 is 24.2 Å². The smallest absolute Gasteiger partial charge is 0.255 e. The highest BCUT2D eigenvalue weighted by molar-refractivity contribution is 6.08. The van der Waals surface area contributed by atoms with E-state index in [1.165, 1.54) is 12.1 Å². The average Bonchev–Trinajstić information content (AvgIpc) is 2.66. The molecular weight excluding hydrogens is 358 g/mol. The Morgan fingerprint density at radius 2 is 1.57 bits per heavy atom. The molecule has 0 aliphatic carbocycles. The van der Waals surface area contributed by atoms with Crippen molar-refractivity contribution in [3.8, 4) is 11.5 Å². The van der Waals surface area contributed by atoms with E-state index in [9.17, 15) is 14.7 Å². The molecule has 148 valence electrons. The van der Waals surface area contributed by atoms with E-state index in [2.05, 4.69) is 19.2 Å². The third-order valence-corrected chi connectivity index (χ3v) is 4.76. The predicted octanol–water partition coefficient (Wildman–Crippen LogP) is 3.32. The van der Waals surface area contributed by atoms with Gasteiger partial charge in [0.25, 0.3) is 5.91 Å². The van der Waals surface area contributed by atoms with E-state index in [4.69, 9.17) is 9.47 Å². The summed E-state index contributed by atoms with van der Waals surface area (Å²) in [4.78, 5) is 24.5. The van der Waals surface area contributed by atoms with Gasteiger partial charge in [0.15, 0.2) is 11.5 Å². The first-order valence-electron chi connectivity index (χ1n) is 9.38. The van der Waals surface area contributed by atoms with Crippen LogP contribution in [0.4, 0.5) is 5.69 Å². The Bertz CT molecular complexity index is 917. The molecule has 6 nitrogen and oxygen atoms in total. The molecule has 0 spiro atoms. The third-order valence-electron chi connectivity index (χ3n) is 4.76. The van der Waals surface area contributed by atoms with Gasteiger partial charge in [-0.05, 0) is 35.1 Å². The molecule has 0 radical (unpaired) electrons. The normalized spacial score (nSPS) is 12.9. The van der Waals surface area contributed by atoms with Crippen molar-refractivity contribution in [3.63, 3.8) is 0 Å². The van der Waals surface area contributed by atoms with E-state index in [-0.39, 0.29) is 23.1 Å². The van der Waals surface area contributed by atoms with Crippen molar-refractivity contribution in [2.24, 2.45) is 0 Å². The Morgan fingerprint density at radius 3 is 2.14 bits per heavy atom. The number of hydrogen-bond donors (Lipinski definition) is 1. The molecule has 0 atom stereocenters. The maximum absolute atomic E-state index is 13.0. The number of carbonyl (C=O) groups excluding carboxylic acids is 2. The van der Waals surface area contributed by atoms with Crippen LogP contribution in [0.3, 0.4) is 0 Å². The lowest BCUT2D eigenvalue weighted by molar-refractivity contribution is -0.254. The number of rotatable bonds is 5. The zero-order chi connectivity index (χ0) is 20.4. The topological polar surface area (TPSA) is 87.7 Å². The van der Waals surface area contributed by atoms with Crippen molar-refractivity contribution in [2.45, 2.75) is 39.5 Å². The molecule has 1 amide bonds. The van der Waals surface area contributed by atoms with E-state index in [0.717, 1.165) is 11.1 Å². The third kappa shape index (κ3) is 3.96. The second kappa shape index (κ2) is 7.92. The molecule has 0 fully saturated rings. The van der Waals surface area contributed by atoms with Crippen LogP contribution >= 0.6 is 0 Å². The number of fused-ring (bicyclic) bond motifs is 1. The maximum atomic E-state index is 13.0. The fraction of sp³-hybridized carbons (Fsp3) is 0.364. The number of nitrogens with one attached hydrogen (secondary N) is 1. The first kappa shape index (κ1) is 19.7. The molecular formula is C22H24NO5-. The zero-order valence-electron chi connectivity index (χ0n) is 16.5. The number of carboxylic acid groups (broad SMARTS) is 1. The van der Waals surface area contributed by atoms with Gasteiger partial charge in [0.05, 0.1) is 11.7 Å². The molecule has 2 aromatic carbocycles. The number of hydrogen-bond acceptors (Lipinski definition) is 5. The van der Waals surface area contributed by atoms with Crippen LogP contribution in [-0.4, -0.2) is 25.1 Å². The quantitative estimate of drug-likeness (QED) is 0.857. The van der Waals surface area contributed by atoms with Gasteiger partial charge in [-0.1, -0.05) is 39.8 Å². The van der Waals surface area contributed by atoms with Crippen LogP contribution in [-0.2, 0) is 0 Å². The van der Waals surface area contributed by atoms with Crippen LogP contribution in [0.2, 0.25) is 0 Å². The van der Waals surface area contributed by atoms with Gasteiger partial charge in [0, 0.05) is 17.2 Å². The van der Waals surface area contributed by atoms with E-state index in [0.29, 0.717) is 36.2 Å². The maximum Gasteiger partial charge on any atom is 0.255 e. The monoisotopic (exact) mass is 382 g/mol. The second-order valence-corrected chi connectivity index (χ2v) is 7.44. The number of ether oxygens (including phenoxy) is 2. The SMILES string of the molecule is CC(C)c1ccc(C(=O)Nc2cc3c(cc2C(=O)[O-])OCCO3)c(C(C)C)c1. The van der Waals surface area contributed by atoms with Crippen LogP contribution in [0.25, 0.3) is 0 Å². The van der Waals surface area contributed by atoms with Crippen LogP contribution < -0.4 is 19.9 Å². The summed E-state index contributed by atoms with van der Waals surface area (Å²) >= 11 is 0. The fourth-order valence-corrected chi connectivity index (χ4v) is 3.18. The number of anilines is 1. The average molecular weight is 382 g/mol. The van der Waals surface area contributed by atoms with Gasteiger partial charge in [-0.15, -0.1) is 0 Å². The van der Waals surface area contributed by atoms with Crippen molar-refractivity contribution >= 4 is 17.6 Å². The Kier molecular flexibility index (Phi) is 5.58. The Morgan fingerprint density at radius 1 is 0.929 bits per heavy atom. The molecule has 0 saturated carbocycles. The number of aromatic carboxylic acids is 1. The molecule has 0 saturated heterocycles.